The Labute approximate surface area is 140 Å². The van der Waals surface area contributed by atoms with E-state index in [9.17, 15) is 10.4 Å². The summed E-state index contributed by atoms with van der Waals surface area (Å²) in [6.45, 7) is 3.69. The van der Waals surface area contributed by atoms with E-state index in [2.05, 4.69) is 20.2 Å². The molecule has 3 aromatic rings. The predicted molar refractivity (Wildman–Crippen MR) is 91.2 cm³/mol. The van der Waals surface area contributed by atoms with Crippen LogP contribution in [0.15, 0.2) is 34.4 Å². The zero-order valence-electron chi connectivity index (χ0n) is 12.4. The van der Waals surface area contributed by atoms with Gasteiger partial charge in [0.2, 0.25) is 0 Å². The van der Waals surface area contributed by atoms with E-state index in [1.165, 1.54) is 23.1 Å². The molecule has 116 valence electrons. The van der Waals surface area contributed by atoms with Crippen molar-refractivity contribution in [2.45, 2.75) is 23.4 Å². The first-order chi connectivity index (χ1) is 11.1. The lowest BCUT2D eigenvalue weighted by Crippen LogP contribution is -2.04. The number of aryl methyl sites for hydroxylation is 1. The second-order valence-electron chi connectivity index (χ2n) is 4.82. The Hall–Kier alpha value is -2.37. The molecule has 8 heteroatoms. The van der Waals surface area contributed by atoms with Gasteiger partial charge in [-0.1, -0.05) is 35.2 Å². The number of allylic oxidation sites excluding steroid dienone is 1. The number of rotatable bonds is 4. The molecule has 2 heterocycles. The summed E-state index contributed by atoms with van der Waals surface area (Å²) in [7, 11) is 0. The average molecular weight is 343 g/mol. The van der Waals surface area contributed by atoms with Crippen LogP contribution in [-0.4, -0.2) is 30.5 Å². The molecule has 0 fully saturated rings. The zero-order chi connectivity index (χ0) is 16.4. The molecule has 2 N–H and O–H groups in total. The van der Waals surface area contributed by atoms with E-state index >= 15 is 0 Å². The monoisotopic (exact) mass is 343 g/mol. The Morgan fingerprint density at radius 2 is 2.17 bits per heavy atom. The Balaban J connectivity index is 1.93. The molecule has 0 aliphatic carbocycles. The van der Waals surface area contributed by atoms with Crippen LogP contribution in [0.5, 0.6) is 0 Å². The van der Waals surface area contributed by atoms with Crippen LogP contribution in [0.3, 0.4) is 0 Å². The number of aromatic nitrogens is 4. The van der Waals surface area contributed by atoms with E-state index in [-0.39, 0.29) is 16.6 Å². The van der Waals surface area contributed by atoms with Crippen LogP contribution in [0.25, 0.3) is 16.6 Å². The second-order valence-corrected chi connectivity index (χ2v) is 7.59. The first-order valence-electron chi connectivity index (χ1n) is 6.83. The molecule has 0 spiro atoms. The van der Waals surface area contributed by atoms with E-state index in [4.69, 9.17) is 0 Å². The van der Waals surface area contributed by atoms with E-state index < -0.39 is 0 Å². The van der Waals surface area contributed by atoms with Gasteiger partial charge in [0, 0.05) is 0 Å². The number of aromatic amines is 1. The number of fused-ring (bicyclic) bond motifs is 1. The Bertz CT molecular complexity index is 888. The number of imidazole rings is 1. The second kappa shape index (κ2) is 6.40. The summed E-state index contributed by atoms with van der Waals surface area (Å²) >= 11 is 2.82. The van der Waals surface area contributed by atoms with E-state index in [0.29, 0.717) is 5.82 Å². The number of H-pyrrole nitrogens is 1. The molecule has 0 aliphatic heterocycles. The Kier molecular flexibility index (Phi) is 4.32. The van der Waals surface area contributed by atoms with Crippen molar-refractivity contribution in [2.75, 3.05) is 0 Å². The highest BCUT2D eigenvalue weighted by Gasteiger charge is 2.20. The minimum Gasteiger partial charge on any atom is -0.510 e. The molecule has 0 aliphatic rings. The number of thioether (sulfide) groups is 1. The minimum absolute atomic E-state index is 0.0237. The van der Waals surface area contributed by atoms with Crippen molar-refractivity contribution < 1.29 is 5.11 Å². The largest absolute Gasteiger partial charge is 0.510 e. The van der Waals surface area contributed by atoms with Crippen LogP contribution in [0, 0.1) is 18.3 Å². The number of nitriles is 1. The molecule has 0 bridgehead atoms. The third-order valence-electron chi connectivity index (χ3n) is 3.16. The fourth-order valence-electron chi connectivity index (χ4n) is 2.04. The quantitative estimate of drug-likeness (QED) is 0.426. The third kappa shape index (κ3) is 3.21. The van der Waals surface area contributed by atoms with Crippen molar-refractivity contribution in [2.24, 2.45) is 0 Å². The molecule has 1 aromatic carbocycles. The third-order valence-corrected chi connectivity index (χ3v) is 5.20. The van der Waals surface area contributed by atoms with Crippen molar-refractivity contribution in [3.8, 4) is 6.07 Å². The number of hydrogen-bond acceptors (Lipinski definition) is 7. The lowest BCUT2D eigenvalue weighted by atomic mass is 10.2. The first-order valence-corrected chi connectivity index (χ1v) is 8.53. The van der Waals surface area contributed by atoms with Crippen LogP contribution in [0.1, 0.15) is 17.8 Å². The highest BCUT2D eigenvalue weighted by Crippen LogP contribution is 2.32. The first kappa shape index (κ1) is 15.5. The molecule has 0 saturated heterocycles. The summed E-state index contributed by atoms with van der Waals surface area (Å²) in [4.78, 5) is 7.43. The molecular weight excluding hydrogens is 330 g/mol. The molecule has 1 atom stereocenters. The van der Waals surface area contributed by atoms with Gasteiger partial charge in [-0.2, -0.15) is 5.26 Å². The fourth-order valence-corrected chi connectivity index (χ4v) is 4.06. The van der Waals surface area contributed by atoms with Crippen molar-refractivity contribution in [1.29, 1.82) is 5.26 Å². The molecule has 0 radical (unpaired) electrons. The van der Waals surface area contributed by atoms with Gasteiger partial charge in [0.25, 0.3) is 0 Å². The summed E-state index contributed by atoms with van der Waals surface area (Å²) in [6.07, 6.45) is 0. The number of aliphatic hydroxyl groups excluding tert-OH is 1. The molecule has 23 heavy (non-hydrogen) atoms. The lowest BCUT2D eigenvalue weighted by molar-refractivity contribution is 0.402. The smallest absolute Gasteiger partial charge is 0.174 e. The van der Waals surface area contributed by atoms with E-state index in [1.807, 2.05) is 44.2 Å². The van der Waals surface area contributed by atoms with Crippen molar-refractivity contribution >= 4 is 39.7 Å². The molecule has 0 amide bonds. The average Bonchev–Trinajstić information content (AvgIpc) is 3.13. The fraction of sp³-hybridized carbons (Fsp3) is 0.200. The van der Waals surface area contributed by atoms with Gasteiger partial charge in [-0.25, -0.2) is 4.98 Å². The van der Waals surface area contributed by atoms with Crippen LogP contribution < -0.4 is 0 Å². The highest BCUT2D eigenvalue weighted by molar-refractivity contribution is 8.01. The lowest BCUT2D eigenvalue weighted by Gasteiger charge is -2.09. The topological polar surface area (TPSA) is 98.5 Å². The van der Waals surface area contributed by atoms with E-state index in [1.54, 1.807) is 0 Å². The van der Waals surface area contributed by atoms with Gasteiger partial charge in [0.1, 0.15) is 22.4 Å². The number of hydrogen-bond donors (Lipinski definition) is 2. The number of nitrogens with one attached hydrogen (secondary N) is 1. The molecule has 3 rings (SSSR count). The molecule has 0 saturated carbocycles. The zero-order valence-corrected chi connectivity index (χ0v) is 14.1. The number of benzene rings is 1. The molecule has 2 aromatic heterocycles. The summed E-state index contributed by atoms with van der Waals surface area (Å²) < 4.78 is 0.753. The van der Waals surface area contributed by atoms with Gasteiger partial charge in [-0.05, 0) is 26.0 Å². The normalized spacial score (nSPS) is 13.6. The SMILES string of the molecule is Cc1nnc(S[C@@H](C)C(O)=C(C#N)c2nc3ccccc3[nH]2)s1. The van der Waals surface area contributed by atoms with Gasteiger partial charge in [0.15, 0.2) is 10.2 Å². The van der Waals surface area contributed by atoms with Gasteiger partial charge in [0.05, 0.1) is 16.3 Å². The van der Waals surface area contributed by atoms with Crippen LogP contribution in [-0.2, 0) is 0 Å². The van der Waals surface area contributed by atoms with Crippen molar-refractivity contribution in [3.05, 3.63) is 40.9 Å². The van der Waals surface area contributed by atoms with Gasteiger partial charge >= 0.3 is 0 Å². The van der Waals surface area contributed by atoms with Crippen LogP contribution in [0.4, 0.5) is 0 Å². The molecular formula is C15H13N5OS2. The standard InChI is InChI=1S/C15H13N5OS2/c1-8(22-15-20-19-9(2)23-15)13(21)10(7-16)14-17-11-5-3-4-6-12(11)18-14/h3-6,8,21H,1-2H3,(H,17,18)/t8-/m0/s1. The summed E-state index contributed by atoms with van der Waals surface area (Å²) in [5.74, 6) is 0.344. The maximum Gasteiger partial charge on any atom is 0.174 e. The molecule has 0 unspecified atom stereocenters. The van der Waals surface area contributed by atoms with Crippen molar-refractivity contribution in [1.82, 2.24) is 20.2 Å². The predicted octanol–water partition coefficient (Wildman–Crippen LogP) is 3.70. The summed E-state index contributed by atoms with van der Waals surface area (Å²) in [5.41, 5.74) is 1.72. The maximum absolute atomic E-state index is 10.5. The van der Waals surface area contributed by atoms with Crippen LogP contribution in [0.2, 0.25) is 0 Å². The molecule has 6 nitrogen and oxygen atoms in total. The van der Waals surface area contributed by atoms with E-state index in [0.717, 1.165) is 20.4 Å². The van der Waals surface area contributed by atoms with Gasteiger partial charge < -0.3 is 10.1 Å². The minimum atomic E-state index is -0.329. The Morgan fingerprint density at radius 1 is 1.39 bits per heavy atom. The van der Waals surface area contributed by atoms with Gasteiger partial charge in [-0.3, -0.25) is 0 Å². The number of aliphatic hydroxyl groups is 1. The highest BCUT2D eigenvalue weighted by atomic mass is 32.2. The van der Waals surface area contributed by atoms with Crippen LogP contribution >= 0.6 is 23.1 Å². The Morgan fingerprint density at radius 3 is 2.83 bits per heavy atom. The summed E-state index contributed by atoms with van der Waals surface area (Å²) in [5, 5.41) is 28.4. The summed E-state index contributed by atoms with van der Waals surface area (Å²) in [6, 6.07) is 9.53. The van der Waals surface area contributed by atoms with Gasteiger partial charge in [-0.15, -0.1) is 10.2 Å². The maximum atomic E-state index is 10.5. The number of nitrogens with zero attached hydrogens (tertiary/aromatic N) is 4. The number of para-hydroxylation sites is 2. The van der Waals surface area contributed by atoms with Crippen molar-refractivity contribution in [3.63, 3.8) is 0 Å².